The van der Waals surface area contributed by atoms with Crippen LogP contribution in [0.15, 0.2) is 41.4 Å². The summed E-state index contributed by atoms with van der Waals surface area (Å²) in [6, 6.07) is 7.12. The second-order valence-corrected chi connectivity index (χ2v) is 9.61. The fourth-order valence-electron chi connectivity index (χ4n) is 3.71. The van der Waals surface area contributed by atoms with E-state index in [9.17, 15) is 26.4 Å². The summed E-state index contributed by atoms with van der Waals surface area (Å²) >= 11 is 0. The summed E-state index contributed by atoms with van der Waals surface area (Å²) in [5.41, 5.74) is -1.26. The molecule has 0 bridgehead atoms. The normalized spacial score (nSPS) is 18.4. The van der Waals surface area contributed by atoms with Gasteiger partial charge in [-0.3, -0.25) is 0 Å². The van der Waals surface area contributed by atoms with Crippen molar-refractivity contribution < 1.29 is 31.1 Å². The summed E-state index contributed by atoms with van der Waals surface area (Å²) in [5.74, 6) is -0.0780. The van der Waals surface area contributed by atoms with Crippen LogP contribution >= 0.6 is 0 Å². The second kappa shape index (κ2) is 9.84. The molecule has 0 radical (unpaired) electrons. The molecule has 182 valence electrons. The molecule has 0 saturated carbocycles. The van der Waals surface area contributed by atoms with Gasteiger partial charge in [-0.05, 0) is 32.0 Å². The van der Waals surface area contributed by atoms with E-state index in [0.29, 0.717) is 19.2 Å². The van der Waals surface area contributed by atoms with E-state index in [-0.39, 0.29) is 24.6 Å². The van der Waals surface area contributed by atoms with Gasteiger partial charge in [-0.15, -0.1) is 0 Å². The second-order valence-electron chi connectivity index (χ2n) is 7.41. The van der Waals surface area contributed by atoms with Crippen molar-refractivity contribution in [3.8, 4) is 6.07 Å². The first kappa shape index (κ1) is 25.2. The maximum absolute atomic E-state index is 13.5. The van der Waals surface area contributed by atoms with Gasteiger partial charge in [0.05, 0.1) is 15.7 Å². The van der Waals surface area contributed by atoms with Crippen LogP contribution in [0.4, 0.5) is 23.8 Å². The summed E-state index contributed by atoms with van der Waals surface area (Å²) in [5, 5.41) is 7.77. The van der Waals surface area contributed by atoms with E-state index in [2.05, 4.69) is 9.97 Å². The Morgan fingerprint density at radius 1 is 1.26 bits per heavy atom. The number of alkyl halides is 3. The Hall–Kier alpha value is -3.40. The number of anilines is 1. The molecule has 13 heteroatoms. The van der Waals surface area contributed by atoms with Crippen molar-refractivity contribution in [3.63, 3.8) is 0 Å². The third-order valence-electron chi connectivity index (χ3n) is 5.44. The number of nitriles is 1. The first-order chi connectivity index (χ1) is 16.0. The molecule has 1 fully saturated rings. The number of ether oxygens (including phenoxy) is 1. The molecule has 0 aliphatic carbocycles. The maximum atomic E-state index is 13.5. The highest BCUT2D eigenvalue weighted by molar-refractivity contribution is 7.92. The smallest absolute Gasteiger partial charge is 0.417 e. The highest BCUT2D eigenvalue weighted by atomic mass is 32.2. The van der Waals surface area contributed by atoms with E-state index < -0.39 is 44.0 Å². The number of aromatic nitrogens is 2. The lowest BCUT2D eigenvalue weighted by Gasteiger charge is -2.27. The van der Waals surface area contributed by atoms with Crippen LogP contribution in [-0.4, -0.2) is 60.5 Å². The summed E-state index contributed by atoms with van der Waals surface area (Å²) in [6.45, 7) is 3.86. The zero-order chi connectivity index (χ0) is 25.1. The Kier molecular flexibility index (Phi) is 7.30. The molecule has 9 nitrogen and oxygen atoms in total. The van der Waals surface area contributed by atoms with Crippen molar-refractivity contribution in [1.29, 1.82) is 5.26 Å². The van der Waals surface area contributed by atoms with E-state index in [1.165, 1.54) is 28.1 Å². The summed E-state index contributed by atoms with van der Waals surface area (Å²) in [7, 11) is -4.48. The van der Waals surface area contributed by atoms with Gasteiger partial charge in [0, 0.05) is 32.3 Å². The van der Waals surface area contributed by atoms with Crippen molar-refractivity contribution in [2.75, 3.05) is 24.5 Å². The monoisotopic (exact) mass is 497 g/mol. The lowest BCUT2D eigenvalue weighted by molar-refractivity contribution is -0.139. The molecule has 3 rings (SSSR count). The van der Waals surface area contributed by atoms with E-state index in [1.807, 2.05) is 0 Å². The maximum Gasteiger partial charge on any atom is 0.417 e. The Bertz CT molecular complexity index is 1200. The molecule has 1 aliphatic heterocycles. The minimum absolute atomic E-state index is 0.116. The van der Waals surface area contributed by atoms with Crippen LogP contribution in [0.1, 0.15) is 31.7 Å². The average molecular weight is 497 g/mol. The molecule has 2 unspecified atom stereocenters. The predicted molar refractivity (Wildman–Crippen MR) is 114 cm³/mol. The topological polar surface area (TPSA) is 116 Å². The molecular formula is C21H22F3N5O4S. The van der Waals surface area contributed by atoms with Crippen LogP contribution in [-0.2, 0) is 20.8 Å². The Morgan fingerprint density at radius 2 is 1.94 bits per heavy atom. The SMILES string of the molecule is CCN(CC)C(=O)OC1CC(S(=O)(=O)c2ccccc2C(F)(F)F)CN1c1ccnc(C#N)n1. The molecule has 0 N–H and O–H groups in total. The molecule has 2 atom stereocenters. The first-order valence-corrected chi connectivity index (χ1v) is 11.9. The third kappa shape index (κ3) is 5.06. The Balaban J connectivity index is 2.01. The molecule has 0 spiro atoms. The van der Waals surface area contributed by atoms with Gasteiger partial charge in [0.25, 0.3) is 0 Å². The molecule has 34 heavy (non-hydrogen) atoms. The van der Waals surface area contributed by atoms with Gasteiger partial charge < -0.3 is 14.5 Å². The lowest BCUT2D eigenvalue weighted by atomic mass is 10.2. The van der Waals surface area contributed by atoms with Gasteiger partial charge >= 0.3 is 12.3 Å². The third-order valence-corrected chi connectivity index (χ3v) is 7.63. The Labute approximate surface area is 194 Å². The van der Waals surface area contributed by atoms with Gasteiger partial charge in [-0.25, -0.2) is 23.2 Å². The summed E-state index contributed by atoms with van der Waals surface area (Å²) in [4.78, 5) is 22.2. The molecular weight excluding hydrogens is 475 g/mol. The number of carbonyl (C=O) groups is 1. The van der Waals surface area contributed by atoms with Crippen LogP contribution in [0.25, 0.3) is 0 Å². The van der Waals surface area contributed by atoms with Crippen molar-refractivity contribution in [2.24, 2.45) is 0 Å². The Morgan fingerprint density at radius 3 is 2.56 bits per heavy atom. The summed E-state index contributed by atoms with van der Waals surface area (Å²) < 4.78 is 72.7. The summed E-state index contributed by atoms with van der Waals surface area (Å²) in [6.07, 6.45) is -5.71. The number of sulfone groups is 1. The van der Waals surface area contributed by atoms with Gasteiger partial charge in [0.15, 0.2) is 16.1 Å². The largest absolute Gasteiger partial charge is 0.425 e. The van der Waals surface area contributed by atoms with Gasteiger partial charge in [-0.1, -0.05) is 12.1 Å². The standard InChI is InChI=1S/C21H22F3N5O4S/c1-3-28(4-2)20(30)33-19-11-14(13-29(19)18-9-10-26-17(12-25)27-18)34(31,32)16-8-6-5-7-15(16)21(22,23)24/h5-10,14,19H,3-4,11,13H2,1-2H3. The molecule has 1 aromatic heterocycles. The van der Waals surface area contributed by atoms with Crippen molar-refractivity contribution in [2.45, 2.75) is 42.8 Å². The van der Waals surface area contributed by atoms with Gasteiger partial charge in [0.1, 0.15) is 11.9 Å². The molecule has 1 aliphatic rings. The number of halogens is 3. The number of benzene rings is 1. The molecule has 1 saturated heterocycles. The van der Waals surface area contributed by atoms with E-state index in [0.717, 1.165) is 12.1 Å². The number of hydrogen-bond donors (Lipinski definition) is 0. The predicted octanol–water partition coefficient (Wildman–Crippen LogP) is 3.22. The van der Waals surface area contributed by atoms with Crippen LogP contribution in [0.5, 0.6) is 0 Å². The minimum Gasteiger partial charge on any atom is -0.425 e. The van der Waals surface area contributed by atoms with Crippen molar-refractivity contribution in [3.05, 3.63) is 47.9 Å². The van der Waals surface area contributed by atoms with Crippen LogP contribution in [0, 0.1) is 11.3 Å². The average Bonchev–Trinajstić information content (AvgIpc) is 3.24. The van der Waals surface area contributed by atoms with E-state index in [1.54, 1.807) is 19.9 Å². The van der Waals surface area contributed by atoms with Crippen LogP contribution in [0.3, 0.4) is 0 Å². The zero-order valence-electron chi connectivity index (χ0n) is 18.4. The van der Waals surface area contributed by atoms with E-state index >= 15 is 0 Å². The molecule has 2 heterocycles. The quantitative estimate of drug-likeness (QED) is 0.597. The van der Waals surface area contributed by atoms with Crippen molar-refractivity contribution >= 4 is 21.7 Å². The lowest BCUT2D eigenvalue weighted by Crippen LogP contribution is -2.39. The number of rotatable bonds is 6. The fraction of sp³-hybridized carbons (Fsp3) is 0.429. The minimum atomic E-state index is -4.87. The highest BCUT2D eigenvalue weighted by Gasteiger charge is 2.46. The molecule has 1 aromatic carbocycles. The van der Waals surface area contributed by atoms with Crippen LogP contribution < -0.4 is 4.90 Å². The van der Waals surface area contributed by atoms with Crippen LogP contribution in [0.2, 0.25) is 0 Å². The number of carbonyl (C=O) groups excluding carboxylic acids is 1. The van der Waals surface area contributed by atoms with Gasteiger partial charge in [-0.2, -0.15) is 18.4 Å². The first-order valence-electron chi connectivity index (χ1n) is 10.4. The number of hydrogen-bond acceptors (Lipinski definition) is 8. The van der Waals surface area contributed by atoms with Crippen molar-refractivity contribution in [1.82, 2.24) is 14.9 Å². The van der Waals surface area contributed by atoms with E-state index in [4.69, 9.17) is 10.00 Å². The highest BCUT2D eigenvalue weighted by Crippen LogP contribution is 2.38. The number of nitrogens with zero attached hydrogens (tertiary/aromatic N) is 5. The molecule has 2 aromatic rings. The van der Waals surface area contributed by atoms with Gasteiger partial charge in [0.2, 0.25) is 5.82 Å². The fourth-order valence-corrected chi connectivity index (χ4v) is 5.60. The molecule has 1 amide bonds. The zero-order valence-corrected chi connectivity index (χ0v) is 19.2. The number of amides is 1.